The number of benzene rings is 1. The summed E-state index contributed by atoms with van der Waals surface area (Å²) in [6.07, 6.45) is 4.77. The van der Waals surface area contributed by atoms with E-state index in [1.54, 1.807) is 6.07 Å². The molecule has 2 bridgehead atoms. The number of carbonyl (C=O) groups excluding carboxylic acids is 1. The lowest BCUT2D eigenvalue weighted by Crippen LogP contribution is -2.46. The Bertz CT molecular complexity index is 727. The molecular weight excluding hydrogens is 388 g/mol. The predicted octanol–water partition coefficient (Wildman–Crippen LogP) is 3.76. The van der Waals surface area contributed by atoms with Gasteiger partial charge in [-0.25, -0.2) is 0 Å². The van der Waals surface area contributed by atoms with E-state index in [2.05, 4.69) is 21.6 Å². The van der Waals surface area contributed by atoms with E-state index in [-0.39, 0.29) is 11.8 Å². The quantitative estimate of drug-likeness (QED) is 0.766. The van der Waals surface area contributed by atoms with Crippen molar-refractivity contribution in [2.24, 2.45) is 11.8 Å². The SMILES string of the molecule is CPN1[C@H]2CC[C@@H]1[C@H](NC(=O)[C@H]1CN(c3cc(Cl)cc(Cl)c3)[C@H]3C[C@@H]13)C2. The first-order chi connectivity index (χ1) is 12.5. The molecule has 1 amide bonds. The van der Waals surface area contributed by atoms with E-state index in [1.807, 2.05) is 12.1 Å². The summed E-state index contributed by atoms with van der Waals surface area (Å²) in [5.74, 6) is 0.829. The minimum Gasteiger partial charge on any atom is -0.367 e. The van der Waals surface area contributed by atoms with Gasteiger partial charge in [0.05, 0.1) is 5.92 Å². The van der Waals surface area contributed by atoms with Crippen molar-refractivity contribution >= 4 is 43.5 Å². The fraction of sp³-hybridized carbons (Fsp3) is 0.632. The molecule has 1 aromatic carbocycles. The second-order valence-electron chi connectivity index (χ2n) is 8.13. The highest BCUT2D eigenvalue weighted by Gasteiger charge is 2.56. The van der Waals surface area contributed by atoms with Crippen LogP contribution in [0.25, 0.3) is 0 Å². The van der Waals surface area contributed by atoms with Gasteiger partial charge in [0.2, 0.25) is 5.91 Å². The van der Waals surface area contributed by atoms with Crippen LogP contribution < -0.4 is 10.2 Å². The minimum atomic E-state index is 0.0920. The Morgan fingerprint density at radius 2 is 1.92 bits per heavy atom. The standard InChI is InChI=1S/C19H24Cl2N3OP/c1-26-24-12-2-3-17(24)16(7-12)22-19(25)15-9-23(18-8-14(15)18)13-5-10(20)4-11(21)6-13/h4-6,12,14-18,26H,2-3,7-9H2,1H3,(H,22,25)/t12-,14-,15-,16+,17+,18-/m0/s1. The molecule has 1 aliphatic carbocycles. The van der Waals surface area contributed by atoms with Gasteiger partial charge in [-0.2, -0.15) is 0 Å². The number of hydrogen-bond acceptors (Lipinski definition) is 3. The maximum Gasteiger partial charge on any atom is 0.225 e. The molecule has 3 aliphatic heterocycles. The first-order valence-corrected chi connectivity index (χ1v) is 11.7. The zero-order valence-electron chi connectivity index (χ0n) is 14.8. The average Bonchev–Trinajstić information content (AvgIpc) is 2.99. The Morgan fingerprint density at radius 1 is 1.15 bits per heavy atom. The number of fused-ring (bicyclic) bond motifs is 3. The maximum absolute atomic E-state index is 13.0. The van der Waals surface area contributed by atoms with Crippen LogP contribution in [0, 0.1) is 11.8 Å². The van der Waals surface area contributed by atoms with Crippen molar-refractivity contribution in [2.45, 2.75) is 49.9 Å². The van der Waals surface area contributed by atoms with E-state index in [0.717, 1.165) is 33.8 Å². The Hall–Kier alpha value is -0.540. The van der Waals surface area contributed by atoms with Gasteiger partial charge < -0.3 is 10.2 Å². The summed E-state index contributed by atoms with van der Waals surface area (Å²) in [5, 5.41) is 4.72. The van der Waals surface area contributed by atoms with E-state index in [1.165, 1.54) is 12.8 Å². The predicted molar refractivity (Wildman–Crippen MR) is 109 cm³/mol. The highest BCUT2D eigenvalue weighted by Crippen LogP contribution is 2.51. The van der Waals surface area contributed by atoms with Crippen LogP contribution in [0.5, 0.6) is 0 Å². The normalized spacial score (nSPS) is 38.3. The molecule has 7 atom stereocenters. The summed E-state index contributed by atoms with van der Waals surface area (Å²) < 4.78 is 2.61. The number of rotatable bonds is 4. The topological polar surface area (TPSA) is 35.6 Å². The number of anilines is 1. The van der Waals surface area contributed by atoms with Crippen LogP contribution in [-0.2, 0) is 4.79 Å². The molecule has 7 heteroatoms. The molecule has 1 unspecified atom stereocenters. The van der Waals surface area contributed by atoms with Gasteiger partial charge in [0.1, 0.15) is 0 Å². The molecular formula is C19H24Cl2N3OP. The molecule has 1 saturated carbocycles. The first-order valence-electron chi connectivity index (χ1n) is 9.54. The number of carbonyl (C=O) groups is 1. The minimum absolute atomic E-state index is 0.0920. The number of amides is 1. The van der Waals surface area contributed by atoms with Gasteiger partial charge in [-0.15, -0.1) is 0 Å². The van der Waals surface area contributed by atoms with Crippen molar-refractivity contribution in [3.05, 3.63) is 28.2 Å². The monoisotopic (exact) mass is 411 g/mol. The van der Waals surface area contributed by atoms with Crippen molar-refractivity contribution in [3.63, 3.8) is 0 Å². The highest BCUT2D eigenvalue weighted by molar-refractivity contribution is 7.34. The number of nitrogens with zero attached hydrogens (tertiary/aromatic N) is 2. The van der Waals surface area contributed by atoms with Gasteiger partial charge in [0.25, 0.3) is 0 Å². The summed E-state index contributed by atoms with van der Waals surface area (Å²) in [6.45, 7) is 3.03. The summed E-state index contributed by atoms with van der Waals surface area (Å²) in [5.41, 5.74) is 1.04. The van der Waals surface area contributed by atoms with Crippen LogP contribution in [0.2, 0.25) is 10.0 Å². The van der Waals surface area contributed by atoms with Crippen molar-refractivity contribution in [2.75, 3.05) is 18.1 Å². The Balaban J connectivity index is 1.27. The molecule has 0 spiro atoms. The molecule has 1 aromatic rings. The molecule has 140 valence electrons. The molecule has 4 fully saturated rings. The lowest BCUT2D eigenvalue weighted by molar-refractivity contribution is -0.125. The van der Waals surface area contributed by atoms with Gasteiger partial charge in [-0.05, 0) is 56.5 Å². The third-order valence-electron chi connectivity index (χ3n) is 6.75. The van der Waals surface area contributed by atoms with Crippen molar-refractivity contribution < 1.29 is 4.79 Å². The molecule has 5 rings (SSSR count). The average molecular weight is 412 g/mol. The van der Waals surface area contributed by atoms with E-state index in [0.29, 0.717) is 40.1 Å². The molecule has 3 heterocycles. The summed E-state index contributed by atoms with van der Waals surface area (Å²) in [6, 6.07) is 7.74. The van der Waals surface area contributed by atoms with Gasteiger partial charge >= 0.3 is 0 Å². The van der Waals surface area contributed by atoms with Crippen LogP contribution in [0.3, 0.4) is 0 Å². The summed E-state index contributed by atoms with van der Waals surface area (Å²) >= 11 is 12.3. The zero-order valence-corrected chi connectivity index (χ0v) is 17.3. The molecule has 4 aliphatic rings. The highest BCUT2D eigenvalue weighted by atomic mass is 35.5. The fourth-order valence-corrected chi connectivity index (χ4v) is 7.29. The molecule has 3 saturated heterocycles. The fourth-order valence-electron chi connectivity index (χ4n) is 5.54. The second-order valence-corrected chi connectivity index (χ2v) is 9.97. The van der Waals surface area contributed by atoms with Gasteiger partial charge in [-0.3, -0.25) is 9.46 Å². The van der Waals surface area contributed by atoms with E-state index in [4.69, 9.17) is 23.2 Å². The molecule has 0 aromatic heterocycles. The molecule has 0 radical (unpaired) electrons. The lowest BCUT2D eigenvalue weighted by atomic mass is 9.94. The smallest absolute Gasteiger partial charge is 0.225 e. The van der Waals surface area contributed by atoms with Gasteiger partial charge in [0.15, 0.2) is 0 Å². The van der Waals surface area contributed by atoms with Gasteiger partial charge in [-0.1, -0.05) is 31.9 Å². The number of halogens is 2. The Morgan fingerprint density at radius 3 is 2.62 bits per heavy atom. The largest absolute Gasteiger partial charge is 0.367 e. The van der Waals surface area contributed by atoms with Crippen LogP contribution in [-0.4, -0.2) is 48.0 Å². The molecule has 4 nitrogen and oxygen atoms in total. The Labute approximate surface area is 166 Å². The molecule has 26 heavy (non-hydrogen) atoms. The maximum atomic E-state index is 13.0. The van der Waals surface area contributed by atoms with Crippen LogP contribution >= 0.6 is 31.9 Å². The number of hydrogen-bond donors (Lipinski definition) is 1. The van der Waals surface area contributed by atoms with Crippen molar-refractivity contribution in [1.82, 2.24) is 9.99 Å². The summed E-state index contributed by atoms with van der Waals surface area (Å²) in [7, 11) is 0.851. The second kappa shape index (κ2) is 6.51. The van der Waals surface area contributed by atoms with E-state index >= 15 is 0 Å². The van der Waals surface area contributed by atoms with Crippen molar-refractivity contribution in [3.8, 4) is 0 Å². The van der Waals surface area contributed by atoms with E-state index < -0.39 is 0 Å². The van der Waals surface area contributed by atoms with Crippen molar-refractivity contribution in [1.29, 1.82) is 0 Å². The number of nitrogens with one attached hydrogen (secondary N) is 1. The zero-order chi connectivity index (χ0) is 18.0. The third-order valence-corrected chi connectivity index (χ3v) is 8.40. The van der Waals surface area contributed by atoms with Gasteiger partial charge in [0, 0.05) is 46.4 Å². The third kappa shape index (κ3) is 2.85. The molecule has 1 N–H and O–H groups in total. The van der Waals surface area contributed by atoms with Crippen LogP contribution in [0.4, 0.5) is 5.69 Å². The van der Waals surface area contributed by atoms with E-state index in [9.17, 15) is 4.79 Å². The number of piperidine rings is 1. The van der Waals surface area contributed by atoms with Crippen LogP contribution in [0.1, 0.15) is 25.7 Å². The Kier molecular flexibility index (Phi) is 4.40. The lowest BCUT2D eigenvalue weighted by Gasteiger charge is -2.27. The summed E-state index contributed by atoms with van der Waals surface area (Å²) in [4.78, 5) is 15.3. The van der Waals surface area contributed by atoms with Crippen LogP contribution in [0.15, 0.2) is 18.2 Å². The first kappa shape index (κ1) is 17.6.